The minimum absolute atomic E-state index is 0.103. The van der Waals surface area contributed by atoms with Crippen molar-refractivity contribution >= 4 is 43.5 Å². The maximum absolute atomic E-state index is 13.3. The highest BCUT2D eigenvalue weighted by atomic mass is 79.9. The Bertz CT molecular complexity index is 1060. The quantitative estimate of drug-likeness (QED) is 0.542. The van der Waals surface area contributed by atoms with Crippen molar-refractivity contribution in [2.45, 2.75) is 39.4 Å². The summed E-state index contributed by atoms with van der Waals surface area (Å²) in [7, 11) is -3.85. The van der Waals surface area contributed by atoms with Crippen LogP contribution < -0.4 is 9.62 Å². The highest BCUT2D eigenvalue weighted by Gasteiger charge is 2.30. The third-order valence-corrected chi connectivity index (χ3v) is 6.27. The number of hydrogen-bond acceptors (Lipinski definition) is 4. The van der Waals surface area contributed by atoms with E-state index < -0.39 is 34.3 Å². The van der Waals surface area contributed by atoms with Crippen molar-refractivity contribution in [2.24, 2.45) is 0 Å². The van der Waals surface area contributed by atoms with Crippen LogP contribution in [0, 0.1) is 5.82 Å². The van der Waals surface area contributed by atoms with E-state index in [1.54, 1.807) is 6.92 Å². The van der Waals surface area contributed by atoms with Crippen molar-refractivity contribution in [3.8, 4) is 0 Å². The third-order valence-electron chi connectivity index (χ3n) is 4.63. The number of carbonyl (C=O) groups is 2. The Hall–Kier alpha value is -2.46. The van der Waals surface area contributed by atoms with E-state index in [1.165, 1.54) is 17.0 Å². The zero-order chi connectivity index (χ0) is 24.1. The fourth-order valence-electron chi connectivity index (χ4n) is 3.04. The molecule has 2 rings (SSSR count). The van der Waals surface area contributed by atoms with Crippen molar-refractivity contribution in [3.63, 3.8) is 0 Å². The molecule has 0 radical (unpaired) electrons. The fraction of sp³-hybridized carbons (Fsp3) is 0.364. The number of amides is 2. The van der Waals surface area contributed by atoms with Crippen LogP contribution in [0.3, 0.4) is 0 Å². The summed E-state index contributed by atoms with van der Waals surface area (Å²) in [6, 6.07) is 11.1. The van der Waals surface area contributed by atoms with Crippen molar-refractivity contribution in [2.75, 3.05) is 17.1 Å². The molecule has 0 saturated carbocycles. The number of sulfonamides is 1. The Morgan fingerprint density at radius 3 is 2.25 bits per heavy atom. The highest BCUT2D eigenvalue weighted by molar-refractivity contribution is 9.10. The van der Waals surface area contributed by atoms with Gasteiger partial charge in [-0.2, -0.15) is 0 Å². The molecule has 1 N–H and O–H groups in total. The Kier molecular flexibility index (Phi) is 8.80. The number of carbonyl (C=O) groups excluding carboxylic acids is 2. The minimum Gasteiger partial charge on any atom is -0.352 e. The summed E-state index contributed by atoms with van der Waals surface area (Å²) in [6.45, 7) is 4.79. The Balaban J connectivity index is 2.38. The van der Waals surface area contributed by atoms with Crippen molar-refractivity contribution in [3.05, 3.63) is 64.4 Å². The van der Waals surface area contributed by atoms with Gasteiger partial charge < -0.3 is 10.2 Å². The lowest BCUT2D eigenvalue weighted by Crippen LogP contribution is -2.52. The van der Waals surface area contributed by atoms with Crippen LogP contribution >= 0.6 is 15.9 Å². The predicted molar refractivity (Wildman–Crippen MR) is 126 cm³/mol. The molecule has 0 saturated heterocycles. The number of rotatable bonds is 9. The lowest BCUT2D eigenvalue weighted by atomic mass is 10.1. The van der Waals surface area contributed by atoms with Gasteiger partial charge >= 0.3 is 0 Å². The highest BCUT2D eigenvalue weighted by Crippen LogP contribution is 2.20. The SMILES string of the molecule is CC(C)NC(=O)[C@H](C)N(Cc1cccc(Br)c1)C(=O)CN(c1ccc(F)cc1)S(C)(=O)=O. The molecule has 2 aromatic rings. The van der Waals surface area contributed by atoms with Gasteiger partial charge in [-0.25, -0.2) is 12.8 Å². The molecule has 174 valence electrons. The summed E-state index contributed by atoms with van der Waals surface area (Å²) in [5.74, 6) is -1.44. The van der Waals surface area contributed by atoms with Crippen LogP contribution in [0.1, 0.15) is 26.3 Å². The number of benzene rings is 2. The average Bonchev–Trinajstić information content (AvgIpc) is 2.69. The molecule has 0 bridgehead atoms. The summed E-state index contributed by atoms with van der Waals surface area (Å²) in [6.07, 6.45) is 0.969. The topological polar surface area (TPSA) is 86.8 Å². The van der Waals surface area contributed by atoms with Crippen LogP contribution in [0.2, 0.25) is 0 Å². The van der Waals surface area contributed by atoms with Gasteiger partial charge in [-0.3, -0.25) is 13.9 Å². The van der Waals surface area contributed by atoms with Crippen LogP contribution in [0.25, 0.3) is 0 Å². The van der Waals surface area contributed by atoms with Gasteiger partial charge in [-0.15, -0.1) is 0 Å². The van der Waals surface area contributed by atoms with Gasteiger partial charge in [0.2, 0.25) is 21.8 Å². The summed E-state index contributed by atoms with van der Waals surface area (Å²) < 4.78 is 39.8. The molecule has 1 atom stereocenters. The van der Waals surface area contributed by atoms with Crippen LogP contribution in [0.15, 0.2) is 53.0 Å². The van der Waals surface area contributed by atoms with Crippen LogP contribution in [-0.4, -0.2) is 50.0 Å². The number of hydrogen-bond donors (Lipinski definition) is 1. The van der Waals surface area contributed by atoms with Crippen molar-refractivity contribution in [1.82, 2.24) is 10.2 Å². The molecular formula is C22H27BrFN3O4S. The van der Waals surface area contributed by atoms with E-state index >= 15 is 0 Å². The maximum atomic E-state index is 13.3. The van der Waals surface area contributed by atoms with Gasteiger partial charge in [0.25, 0.3) is 0 Å². The summed E-state index contributed by atoms with van der Waals surface area (Å²) in [5, 5.41) is 2.78. The fourth-order valence-corrected chi connectivity index (χ4v) is 4.34. The molecule has 0 heterocycles. The smallest absolute Gasteiger partial charge is 0.244 e. The molecule has 2 amide bonds. The molecule has 10 heteroatoms. The molecule has 0 spiro atoms. The van der Waals surface area contributed by atoms with E-state index in [9.17, 15) is 22.4 Å². The van der Waals surface area contributed by atoms with Crippen LogP contribution in [-0.2, 0) is 26.2 Å². The Labute approximate surface area is 196 Å². The lowest BCUT2D eigenvalue weighted by molar-refractivity contribution is -0.139. The molecule has 0 aliphatic carbocycles. The summed E-state index contributed by atoms with van der Waals surface area (Å²) in [4.78, 5) is 27.3. The molecule has 7 nitrogen and oxygen atoms in total. The van der Waals surface area contributed by atoms with Gasteiger partial charge in [0.15, 0.2) is 0 Å². The van der Waals surface area contributed by atoms with Gasteiger partial charge in [0, 0.05) is 17.1 Å². The second-order valence-electron chi connectivity index (χ2n) is 7.74. The molecule has 0 aliphatic heterocycles. The first-order chi connectivity index (χ1) is 14.9. The summed E-state index contributed by atoms with van der Waals surface area (Å²) >= 11 is 3.39. The molecule has 0 unspecified atom stereocenters. The second kappa shape index (κ2) is 10.9. The van der Waals surface area contributed by atoms with Gasteiger partial charge in [-0.1, -0.05) is 28.1 Å². The molecule has 0 fully saturated rings. The second-order valence-corrected chi connectivity index (χ2v) is 10.6. The van der Waals surface area contributed by atoms with Crippen molar-refractivity contribution in [1.29, 1.82) is 0 Å². The third kappa shape index (κ3) is 7.30. The van der Waals surface area contributed by atoms with Crippen LogP contribution in [0.5, 0.6) is 0 Å². The zero-order valence-corrected chi connectivity index (χ0v) is 20.8. The minimum atomic E-state index is -3.85. The molecule has 0 aliphatic rings. The lowest BCUT2D eigenvalue weighted by Gasteiger charge is -2.32. The number of nitrogens with one attached hydrogen (secondary N) is 1. The average molecular weight is 528 g/mol. The zero-order valence-electron chi connectivity index (χ0n) is 18.4. The molecular weight excluding hydrogens is 501 g/mol. The van der Waals surface area contributed by atoms with Gasteiger partial charge in [-0.05, 0) is 62.7 Å². The number of halogens is 2. The Morgan fingerprint density at radius 2 is 1.72 bits per heavy atom. The normalized spacial score (nSPS) is 12.3. The first-order valence-electron chi connectivity index (χ1n) is 9.96. The van der Waals surface area contributed by atoms with Gasteiger partial charge in [0.05, 0.1) is 11.9 Å². The predicted octanol–water partition coefficient (Wildman–Crippen LogP) is 3.30. The maximum Gasteiger partial charge on any atom is 0.244 e. The van der Waals surface area contributed by atoms with Crippen molar-refractivity contribution < 1.29 is 22.4 Å². The molecule has 32 heavy (non-hydrogen) atoms. The monoisotopic (exact) mass is 527 g/mol. The van der Waals surface area contributed by atoms with E-state index in [0.29, 0.717) is 0 Å². The first kappa shape index (κ1) is 25.8. The van der Waals surface area contributed by atoms with E-state index in [4.69, 9.17) is 0 Å². The standard InChI is InChI=1S/C22H27BrFN3O4S/c1-15(2)25-22(29)16(3)26(13-17-6-5-7-18(23)12-17)21(28)14-27(32(4,30)31)20-10-8-19(24)9-11-20/h5-12,15-16H,13-14H2,1-4H3,(H,25,29)/t16-/m0/s1. The first-order valence-corrected chi connectivity index (χ1v) is 12.6. The largest absolute Gasteiger partial charge is 0.352 e. The Morgan fingerprint density at radius 1 is 1.09 bits per heavy atom. The van der Waals surface area contributed by atoms with Crippen LogP contribution in [0.4, 0.5) is 10.1 Å². The molecule has 0 aromatic heterocycles. The molecule has 2 aromatic carbocycles. The summed E-state index contributed by atoms with van der Waals surface area (Å²) in [5.41, 5.74) is 0.925. The van der Waals surface area contributed by atoms with E-state index in [-0.39, 0.29) is 24.2 Å². The van der Waals surface area contributed by atoms with Gasteiger partial charge in [0.1, 0.15) is 18.4 Å². The van der Waals surface area contributed by atoms with E-state index in [1.807, 2.05) is 38.1 Å². The van der Waals surface area contributed by atoms with E-state index in [2.05, 4.69) is 21.2 Å². The van der Waals surface area contributed by atoms with E-state index in [0.717, 1.165) is 32.7 Å². The number of anilines is 1. The number of nitrogens with zero attached hydrogens (tertiary/aromatic N) is 2.